The third-order valence-corrected chi connectivity index (χ3v) is 2.73. The fourth-order valence-electron chi connectivity index (χ4n) is 1.99. The van der Waals surface area contributed by atoms with Gasteiger partial charge >= 0.3 is 0 Å². The maximum absolute atomic E-state index is 5.63. The molecule has 1 rings (SSSR count). The normalized spacial score (nSPS) is 10.8. The Morgan fingerprint density at radius 2 is 1.79 bits per heavy atom. The van der Waals surface area contributed by atoms with E-state index in [1.807, 2.05) is 13.8 Å². The molecule has 0 saturated heterocycles. The van der Waals surface area contributed by atoms with Gasteiger partial charge in [0.1, 0.15) is 5.75 Å². The molecule has 0 aliphatic heterocycles. The Balaban J connectivity index is 2.32. The van der Waals surface area contributed by atoms with Crippen LogP contribution in [0.15, 0.2) is 36.5 Å². The highest BCUT2D eigenvalue weighted by atomic mass is 16.5. The fraction of sp³-hybridized carbons (Fsp3) is 0.529. The van der Waals surface area contributed by atoms with Crippen LogP contribution in [-0.2, 0) is 6.42 Å². The second kappa shape index (κ2) is 7.88. The van der Waals surface area contributed by atoms with Crippen molar-refractivity contribution in [2.75, 3.05) is 0 Å². The van der Waals surface area contributed by atoms with Crippen LogP contribution >= 0.6 is 0 Å². The highest BCUT2D eigenvalue weighted by Crippen LogP contribution is 2.15. The van der Waals surface area contributed by atoms with Gasteiger partial charge in [0.25, 0.3) is 0 Å². The van der Waals surface area contributed by atoms with Crippen molar-refractivity contribution in [2.24, 2.45) is 0 Å². The van der Waals surface area contributed by atoms with E-state index < -0.39 is 0 Å². The first kappa shape index (κ1) is 15.6. The van der Waals surface area contributed by atoms with Gasteiger partial charge in [-0.3, -0.25) is 0 Å². The van der Waals surface area contributed by atoms with Crippen LogP contribution in [0.3, 0.4) is 0 Å². The van der Waals surface area contributed by atoms with E-state index in [1.165, 1.54) is 5.56 Å². The Bertz CT molecular complexity index is 379. The smallest absolute Gasteiger partial charge is 0.119 e. The van der Waals surface area contributed by atoms with E-state index in [9.17, 15) is 0 Å². The Morgan fingerprint density at radius 3 is 2.32 bits per heavy atom. The van der Waals surface area contributed by atoms with Gasteiger partial charge < -0.3 is 10.1 Å². The second-order valence-electron chi connectivity index (χ2n) is 5.57. The number of allylic oxidation sites excluding steroid dienone is 1. The number of hydrogen-bond donors (Lipinski definition) is 1. The second-order valence-corrected chi connectivity index (χ2v) is 5.57. The third kappa shape index (κ3) is 6.90. The lowest BCUT2D eigenvalue weighted by Gasteiger charge is -2.13. The molecule has 0 amide bonds. The summed E-state index contributed by atoms with van der Waals surface area (Å²) >= 11 is 0. The van der Waals surface area contributed by atoms with Crippen molar-refractivity contribution in [3.63, 3.8) is 0 Å². The van der Waals surface area contributed by atoms with Crippen LogP contribution in [0.4, 0.5) is 0 Å². The fourth-order valence-corrected chi connectivity index (χ4v) is 1.99. The Morgan fingerprint density at radius 1 is 1.16 bits per heavy atom. The van der Waals surface area contributed by atoms with Gasteiger partial charge in [-0.15, -0.1) is 0 Å². The first-order valence-corrected chi connectivity index (χ1v) is 7.17. The SMILES string of the molecule is C=C(CCCc1ccc(OC(C)C)cc1)NC(C)C. The summed E-state index contributed by atoms with van der Waals surface area (Å²) in [5.74, 6) is 0.949. The molecule has 1 N–H and O–H groups in total. The first-order valence-electron chi connectivity index (χ1n) is 7.17. The molecule has 0 bridgehead atoms. The molecule has 0 fully saturated rings. The highest BCUT2D eigenvalue weighted by molar-refractivity contribution is 5.27. The number of nitrogens with one attached hydrogen (secondary N) is 1. The van der Waals surface area contributed by atoms with E-state index in [0.29, 0.717) is 6.04 Å². The summed E-state index contributed by atoms with van der Waals surface area (Å²) in [5, 5.41) is 3.35. The summed E-state index contributed by atoms with van der Waals surface area (Å²) in [5.41, 5.74) is 2.49. The third-order valence-electron chi connectivity index (χ3n) is 2.73. The van der Waals surface area contributed by atoms with E-state index in [4.69, 9.17) is 4.74 Å². The first-order chi connectivity index (χ1) is 8.97. The van der Waals surface area contributed by atoms with Crippen LogP contribution in [0.5, 0.6) is 5.75 Å². The lowest BCUT2D eigenvalue weighted by molar-refractivity contribution is 0.242. The molecule has 2 nitrogen and oxygen atoms in total. The molecule has 1 aromatic rings. The molecule has 0 atom stereocenters. The van der Waals surface area contributed by atoms with Gasteiger partial charge in [0.15, 0.2) is 0 Å². The standard InChI is InChI=1S/C17H27NO/c1-13(2)18-15(5)7-6-8-16-9-11-17(12-10-16)19-14(3)4/h9-14,18H,5-8H2,1-4H3. The number of rotatable bonds is 8. The van der Waals surface area contributed by atoms with Gasteiger partial charge in [0, 0.05) is 11.7 Å². The summed E-state index contributed by atoms with van der Waals surface area (Å²) in [6.45, 7) is 12.4. The maximum Gasteiger partial charge on any atom is 0.119 e. The van der Waals surface area contributed by atoms with Crippen LogP contribution in [0, 0.1) is 0 Å². The van der Waals surface area contributed by atoms with Crippen LogP contribution in [-0.4, -0.2) is 12.1 Å². The Hall–Kier alpha value is -1.44. The largest absolute Gasteiger partial charge is 0.491 e. The van der Waals surface area contributed by atoms with Crippen molar-refractivity contribution < 1.29 is 4.74 Å². The van der Waals surface area contributed by atoms with Crippen molar-refractivity contribution >= 4 is 0 Å². The summed E-state index contributed by atoms with van der Waals surface area (Å²) < 4.78 is 5.63. The van der Waals surface area contributed by atoms with E-state index in [0.717, 1.165) is 30.7 Å². The van der Waals surface area contributed by atoms with Gasteiger partial charge in [-0.1, -0.05) is 18.7 Å². The molecule has 0 spiro atoms. The molecule has 0 aliphatic carbocycles. The average molecular weight is 261 g/mol. The van der Waals surface area contributed by atoms with Crippen molar-refractivity contribution in [2.45, 2.75) is 59.1 Å². The zero-order chi connectivity index (χ0) is 14.3. The zero-order valence-corrected chi connectivity index (χ0v) is 12.7. The molecule has 0 aliphatic rings. The summed E-state index contributed by atoms with van der Waals surface area (Å²) in [7, 11) is 0. The van der Waals surface area contributed by atoms with E-state index in [1.54, 1.807) is 0 Å². The quantitative estimate of drug-likeness (QED) is 0.753. The Kier molecular flexibility index (Phi) is 6.48. The van der Waals surface area contributed by atoms with E-state index >= 15 is 0 Å². The topological polar surface area (TPSA) is 21.3 Å². The molecular weight excluding hydrogens is 234 g/mol. The molecule has 0 heterocycles. The Labute approximate surface area is 117 Å². The number of aryl methyl sites for hydroxylation is 1. The minimum atomic E-state index is 0.233. The maximum atomic E-state index is 5.63. The van der Waals surface area contributed by atoms with Gasteiger partial charge in [-0.05, 0) is 64.7 Å². The van der Waals surface area contributed by atoms with Crippen LogP contribution in [0.1, 0.15) is 46.1 Å². The van der Waals surface area contributed by atoms with Crippen molar-refractivity contribution in [1.82, 2.24) is 5.32 Å². The average Bonchev–Trinajstić information content (AvgIpc) is 2.29. The summed E-state index contributed by atoms with van der Waals surface area (Å²) in [4.78, 5) is 0. The van der Waals surface area contributed by atoms with Crippen LogP contribution in [0.25, 0.3) is 0 Å². The molecular formula is C17H27NO. The molecule has 106 valence electrons. The molecule has 0 saturated carbocycles. The minimum absolute atomic E-state index is 0.233. The van der Waals surface area contributed by atoms with E-state index in [-0.39, 0.29) is 6.10 Å². The minimum Gasteiger partial charge on any atom is -0.491 e. The monoisotopic (exact) mass is 261 g/mol. The predicted molar refractivity (Wildman–Crippen MR) is 82.6 cm³/mol. The predicted octanol–water partition coefficient (Wildman–Crippen LogP) is 4.31. The molecule has 2 heteroatoms. The van der Waals surface area contributed by atoms with Crippen molar-refractivity contribution in [3.8, 4) is 5.75 Å². The van der Waals surface area contributed by atoms with Crippen molar-refractivity contribution in [1.29, 1.82) is 0 Å². The van der Waals surface area contributed by atoms with Crippen molar-refractivity contribution in [3.05, 3.63) is 42.1 Å². The number of benzene rings is 1. The summed E-state index contributed by atoms with van der Waals surface area (Å²) in [6.07, 6.45) is 3.47. The van der Waals surface area contributed by atoms with Gasteiger partial charge in [-0.25, -0.2) is 0 Å². The molecule has 19 heavy (non-hydrogen) atoms. The lowest BCUT2D eigenvalue weighted by Crippen LogP contribution is -2.21. The van der Waals surface area contributed by atoms with Crippen LogP contribution in [0.2, 0.25) is 0 Å². The van der Waals surface area contributed by atoms with Gasteiger partial charge in [0.05, 0.1) is 6.10 Å². The van der Waals surface area contributed by atoms with E-state index in [2.05, 4.69) is 50.0 Å². The molecule has 0 radical (unpaired) electrons. The number of ether oxygens (including phenoxy) is 1. The van der Waals surface area contributed by atoms with Crippen LogP contribution < -0.4 is 10.1 Å². The van der Waals surface area contributed by atoms with Gasteiger partial charge in [-0.2, -0.15) is 0 Å². The lowest BCUT2D eigenvalue weighted by atomic mass is 10.1. The molecule has 0 unspecified atom stereocenters. The zero-order valence-electron chi connectivity index (χ0n) is 12.7. The molecule has 1 aromatic carbocycles. The highest BCUT2D eigenvalue weighted by Gasteiger charge is 2.00. The molecule has 0 aromatic heterocycles. The number of hydrogen-bond acceptors (Lipinski definition) is 2. The summed E-state index contributed by atoms with van der Waals surface area (Å²) in [6, 6.07) is 8.87. The van der Waals surface area contributed by atoms with Gasteiger partial charge in [0.2, 0.25) is 0 Å².